The van der Waals surface area contributed by atoms with Gasteiger partial charge in [-0.3, -0.25) is 9.59 Å². The summed E-state index contributed by atoms with van der Waals surface area (Å²) < 4.78 is 43.2. The normalized spacial score (nSPS) is 14.2. The maximum Gasteiger partial charge on any atom is 0.573 e. The highest BCUT2D eigenvalue weighted by molar-refractivity contribution is 6.31. The van der Waals surface area contributed by atoms with Gasteiger partial charge in [0.05, 0.1) is 5.56 Å². The number of hydrogen-bond acceptors (Lipinski definition) is 4. The summed E-state index contributed by atoms with van der Waals surface area (Å²) in [6.45, 7) is 1.44. The van der Waals surface area contributed by atoms with E-state index in [1.807, 2.05) is 0 Å². The number of anilines is 1. The van der Waals surface area contributed by atoms with E-state index in [9.17, 15) is 28.0 Å². The minimum atomic E-state index is -4.92. The molecule has 1 aliphatic rings. The number of Topliss-reactive ketones (excluding diaryl/α,β-unsaturated/α-hetero) is 1. The van der Waals surface area contributed by atoms with Crippen LogP contribution < -0.4 is 14.8 Å². The number of amides is 1. The highest BCUT2D eigenvalue weighted by Gasteiger charge is 2.36. The van der Waals surface area contributed by atoms with Gasteiger partial charge in [0.15, 0.2) is 12.0 Å². The smallest absolute Gasteiger partial charge is 0.573 e. The lowest BCUT2D eigenvalue weighted by molar-refractivity contribution is -0.614. The Bertz CT molecular complexity index is 1290. The molecule has 1 aromatic heterocycles. The second-order valence-electron chi connectivity index (χ2n) is 8.71. The zero-order chi connectivity index (χ0) is 26.0. The summed E-state index contributed by atoms with van der Waals surface area (Å²) in [6, 6.07) is 12.9. The molecule has 0 saturated heterocycles. The predicted molar refractivity (Wildman–Crippen MR) is 128 cm³/mol. The minimum Gasteiger partial charge on any atom is -0.618 e. The number of nitrogens with one attached hydrogen (secondary N) is 1. The first kappa shape index (κ1) is 25.5. The summed E-state index contributed by atoms with van der Waals surface area (Å²) in [7, 11) is 0. The van der Waals surface area contributed by atoms with Gasteiger partial charge >= 0.3 is 6.36 Å². The Labute approximate surface area is 210 Å². The van der Waals surface area contributed by atoms with Crippen molar-refractivity contribution in [3.63, 3.8) is 0 Å². The lowest BCUT2D eigenvalue weighted by Crippen LogP contribution is -2.37. The number of halogens is 4. The molecule has 4 rings (SSSR count). The lowest BCUT2D eigenvalue weighted by atomic mass is 9.95. The minimum absolute atomic E-state index is 0.00951. The Morgan fingerprint density at radius 2 is 1.83 bits per heavy atom. The number of hydrogen-bond donors (Lipinski definition) is 1. The molecule has 36 heavy (non-hydrogen) atoms. The number of alkyl halides is 3. The molecule has 3 aromatic rings. The van der Waals surface area contributed by atoms with Gasteiger partial charge in [0.1, 0.15) is 11.7 Å². The third kappa shape index (κ3) is 6.34. The first-order valence-corrected chi connectivity index (χ1v) is 11.6. The number of benzene rings is 2. The molecule has 10 heteroatoms. The van der Waals surface area contributed by atoms with Crippen molar-refractivity contribution in [2.75, 3.05) is 5.32 Å². The predicted octanol–water partition coefficient (Wildman–Crippen LogP) is 6.26. The lowest BCUT2D eigenvalue weighted by Gasteiger charge is -2.18. The molecule has 6 nitrogen and oxygen atoms in total. The van der Waals surface area contributed by atoms with Crippen LogP contribution in [0.1, 0.15) is 48.2 Å². The van der Waals surface area contributed by atoms with E-state index in [0.29, 0.717) is 28.3 Å². The molecule has 188 valence electrons. The van der Waals surface area contributed by atoms with Crippen LogP contribution in [0.5, 0.6) is 5.75 Å². The van der Waals surface area contributed by atoms with Gasteiger partial charge in [-0.15, -0.1) is 13.2 Å². The molecule has 1 fully saturated rings. The van der Waals surface area contributed by atoms with Gasteiger partial charge in [0.25, 0.3) is 0 Å². The number of ketones is 1. The molecule has 0 spiro atoms. The maximum absolute atomic E-state index is 13.2. The van der Waals surface area contributed by atoms with Crippen LogP contribution in [0.3, 0.4) is 0 Å². The van der Waals surface area contributed by atoms with E-state index in [2.05, 4.69) is 10.1 Å². The summed E-state index contributed by atoms with van der Waals surface area (Å²) in [6.07, 6.45) is -1.45. The van der Waals surface area contributed by atoms with Crippen molar-refractivity contribution < 1.29 is 32.2 Å². The van der Waals surface area contributed by atoms with E-state index in [1.54, 1.807) is 24.3 Å². The molecule has 0 aliphatic heterocycles. The van der Waals surface area contributed by atoms with Gasteiger partial charge in [0, 0.05) is 27.9 Å². The molecule has 0 bridgehead atoms. The van der Waals surface area contributed by atoms with Gasteiger partial charge in [0.2, 0.25) is 11.6 Å². The van der Waals surface area contributed by atoms with Gasteiger partial charge in [-0.05, 0) is 67.8 Å². The third-order valence-electron chi connectivity index (χ3n) is 5.92. The zero-order valence-corrected chi connectivity index (χ0v) is 19.9. The Morgan fingerprint density at radius 3 is 2.42 bits per heavy atom. The van der Waals surface area contributed by atoms with E-state index >= 15 is 0 Å². The average Bonchev–Trinajstić information content (AvgIpc) is 3.62. The fraction of sp³-hybridized carbons (Fsp3) is 0.269. The van der Waals surface area contributed by atoms with E-state index in [1.165, 1.54) is 31.2 Å². The van der Waals surface area contributed by atoms with Crippen molar-refractivity contribution in [2.24, 2.45) is 5.92 Å². The van der Waals surface area contributed by atoms with Crippen LogP contribution in [0.2, 0.25) is 5.02 Å². The first-order valence-electron chi connectivity index (χ1n) is 11.2. The van der Waals surface area contributed by atoms with E-state index in [-0.39, 0.29) is 27.6 Å². The fourth-order valence-electron chi connectivity index (χ4n) is 3.93. The van der Waals surface area contributed by atoms with Crippen LogP contribution in [-0.4, -0.2) is 18.1 Å². The van der Waals surface area contributed by atoms with Crippen molar-refractivity contribution in [2.45, 2.75) is 38.5 Å². The Balaban J connectivity index is 1.62. The molecule has 1 amide bonds. The highest BCUT2D eigenvalue weighted by Crippen LogP contribution is 2.39. The van der Waals surface area contributed by atoms with Crippen molar-refractivity contribution in [3.05, 3.63) is 82.3 Å². The zero-order valence-electron chi connectivity index (χ0n) is 19.1. The van der Waals surface area contributed by atoms with Crippen molar-refractivity contribution in [3.8, 4) is 16.9 Å². The van der Waals surface area contributed by atoms with Gasteiger partial charge in [-0.1, -0.05) is 24.4 Å². The second kappa shape index (κ2) is 10.2. The van der Waals surface area contributed by atoms with Crippen LogP contribution in [0, 0.1) is 11.1 Å². The van der Waals surface area contributed by atoms with Gasteiger partial charge < -0.3 is 15.3 Å². The van der Waals surface area contributed by atoms with Crippen LogP contribution in [0.15, 0.2) is 60.8 Å². The summed E-state index contributed by atoms with van der Waals surface area (Å²) in [5.74, 6) is -1.46. The van der Waals surface area contributed by atoms with E-state index < -0.39 is 23.9 Å². The molecule has 1 aliphatic carbocycles. The highest BCUT2D eigenvalue weighted by atomic mass is 35.5. The molecule has 0 radical (unpaired) electrons. The molecule has 1 N–H and O–H groups in total. The average molecular weight is 519 g/mol. The quantitative estimate of drug-likeness (QED) is 0.217. The van der Waals surface area contributed by atoms with Crippen LogP contribution in [-0.2, 0) is 4.79 Å². The fourth-order valence-corrected chi connectivity index (χ4v) is 4.10. The Morgan fingerprint density at radius 1 is 1.14 bits per heavy atom. The number of nitrogens with zero attached hydrogens (tertiary/aromatic N) is 1. The van der Waals surface area contributed by atoms with Crippen molar-refractivity contribution in [1.82, 2.24) is 0 Å². The van der Waals surface area contributed by atoms with Crippen molar-refractivity contribution >= 4 is 29.0 Å². The van der Waals surface area contributed by atoms with E-state index in [0.717, 1.165) is 25.1 Å². The second-order valence-corrected chi connectivity index (χ2v) is 9.15. The third-order valence-corrected chi connectivity index (χ3v) is 6.16. The molecule has 1 saturated carbocycles. The number of pyridine rings is 1. The van der Waals surface area contributed by atoms with Gasteiger partial charge in [-0.2, -0.15) is 4.73 Å². The number of ether oxygens (including phenoxy) is 1. The molecular formula is C26H22ClF3N2O4. The van der Waals surface area contributed by atoms with Crippen LogP contribution >= 0.6 is 11.6 Å². The van der Waals surface area contributed by atoms with Gasteiger partial charge in [-0.25, -0.2) is 0 Å². The molecule has 1 atom stereocenters. The number of aromatic nitrogens is 1. The Hall–Kier alpha value is -3.59. The SMILES string of the molecule is CC(=O)c1ccc(NC(=O)C(CC2CC2)c2ccc(-c3cc(Cl)ccc3OC(F)(F)F)c[n+]2[O-])cc1. The molecule has 1 heterocycles. The number of rotatable bonds is 8. The summed E-state index contributed by atoms with van der Waals surface area (Å²) in [4.78, 5) is 24.6. The van der Waals surface area contributed by atoms with Crippen LogP contribution in [0.4, 0.5) is 18.9 Å². The molecule has 2 aromatic carbocycles. The molecule has 1 unspecified atom stereocenters. The monoisotopic (exact) mass is 518 g/mol. The number of carbonyl (C=O) groups excluding carboxylic acids is 2. The summed E-state index contributed by atoms with van der Waals surface area (Å²) >= 11 is 5.98. The Kier molecular flexibility index (Phi) is 7.21. The first-order chi connectivity index (χ1) is 17.0. The summed E-state index contributed by atoms with van der Waals surface area (Å²) in [5, 5.41) is 16.0. The maximum atomic E-state index is 13.2. The van der Waals surface area contributed by atoms with E-state index in [4.69, 9.17) is 11.6 Å². The molecular weight excluding hydrogens is 497 g/mol. The topological polar surface area (TPSA) is 82.3 Å². The standard InChI is InChI=1S/C26H22ClF3N2O4/c1-15(33)17-4-8-20(9-5-17)31-25(34)22(12-16-2-3-16)23-10-6-18(14-32(23)35)21-13-19(27)7-11-24(21)36-26(28,29)30/h4-11,13-14,16,22H,2-3,12H2,1H3,(H,31,34). The summed E-state index contributed by atoms with van der Waals surface area (Å²) in [5.41, 5.74) is 1.30. The largest absolute Gasteiger partial charge is 0.618 e. The van der Waals surface area contributed by atoms with Crippen molar-refractivity contribution in [1.29, 1.82) is 0 Å². The number of carbonyl (C=O) groups is 2. The van der Waals surface area contributed by atoms with Crippen LogP contribution in [0.25, 0.3) is 11.1 Å².